The molecule has 0 aliphatic heterocycles. The Morgan fingerprint density at radius 1 is 1.17 bits per heavy atom. The van der Waals surface area contributed by atoms with E-state index in [2.05, 4.69) is 31.1 Å². The van der Waals surface area contributed by atoms with Gasteiger partial charge in [0, 0.05) is 7.05 Å². The predicted octanol–water partition coefficient (Wildman–Crippen LogP) is 3.12. The van der Waals surface area contributed by atoms with Gasteiger partial charge in [0.25, 0.3) is 0 Å². The number of aryl methyl sites for hydroxylation is 3. The molecule has 0 radical (unpaired) electrons. The van der Waals surface area contributed by atoms with Crippen LogP contribution in [0, 0.1) is 0 Å². The third-order valence-electron chi connectivity index (χ3n) is 3.12. The fourth-order valence-corrected chi connectivity index (χ4v) is 1.97. The first-order valence-corrected chi connectivity index (χ1v) is 6.47. The average Bonchev–Trinajstić information content (AvgIpc) is 2.77. The number of hydrogen-bond donors (Lipinski definition) is 0. The van der Waals surface area contributed by atoms with Gasteiger partial charge in [0.05, 0.1) is 11.4 Å². The summed E-state index contributed by atoms with van der Waals surface area (Å²) in [6.45, 7) is 4.82. The second-order valence-corrected chi connectivity index (χ2v) is 4.35. The smallest absolute Gasteiger partial charge is 0.130 e. The largest absolute Gasteiger partial charge is 0.487 e. The average molecular weight is 244 g/mol. The van der Waals surface area contributed by atoms with E-state index in [-0.39, 0.29) is 0 Å². The number of benzene rings is 1. The number of rotatable bonds is 5. The topological polar surface area (TPSA) is 27.1 Å². The molecule has 96 valence electrons. The van der Waals surface area contributed by atoms with Crippen molar-refractivity contribution in [3.63, 3.8) is 0 Å². The van der Waals surface area contributed by atoms with Crippen molar-refractivity contribution in [3.8, 4) is 5.75 Å². The van der Waals surface area contributed by atoms with Gasteiger partial charge in [-0.15, -0.1) is 0 Å². The van der Waals surface area contributed by atoms with Gasteiger partial charge >= 0.3 is 0 Å². The SMILES string of the molecule is CCc1cc(COc2ccccc2CC)n(C)n1. The van der Waals surface area contributed by atoms with Gasteiger partial charge in [-0.3, -0.25) is 4.68 Å². The van der Waals surface area contributed by atoms with E-state index in [0.717, 1.165) is 30.0 Å². The van der Waals surface area contributed by atoms with Crippen LogP contribution >= 0.6 is 0 Å². The summed E-state index contributed by atoms with van der Waals surface area (Å²) in [5.74, 6) is 0.972. The van der Waals surface area contributed by atoms with Gasteiger partial charge in [-0.2, -0.15) is 5.10 Å². The van der Waals surface area contributed by atoms with Crippen molar-refractivity contribution < 1.29 is 4.74 Å². The third kappa shape index (κ3) is 2.73. The van der Waals surface area contributed by atoms with E-state index < -0.39 is 0 Å². The Morgan fingerprint density at radius 2 is 1.94 bits per heavy atom. The van der Waals surface area contributed by atoms with Crippen LogP contribution in [0.4, 0.5) is 0 Å². The van der Waals surface area contributed by atoms with Crippen LogP contribution in [0.25, 0.3) is 0 Å². The molecule has 1 heterocycles. The highest BCUT2D eigenvalue weighted by Gasteiger charge is 2.06. The van der Waals surface area contributed by atoms with E-state index in [0.29, 0.717) is 6.61 Å². The van der Waals surface area contributed by atoms with E-state index in [4.69, 9.17) is 4.74 Å². The normalized spacial score (nSPS) is 10.6. The van der Waals surface area contributed by atoms with E-state index in [1.165, 1.54) is 5.56 Å². The Bertz CT molecular complexity index is 517. The molecule has 0 bridgehead atoms. The highest BCUT2D eigenvalue weighted by Crippen LogP contribution is 2.19. The van der Waals surface area contributed by atoms with Crippen molar-refractivity contribution in [1.29, 1.82) is 0 Å². The van der Waals surface area contributed by atoms with E-state index >= 15 is 0 Å². The zero-order chi connectivity index (χ0) is 13.0. The Hall–Kier alpha value is -1.77. The molecule has 0 aliphatic carbocycles. The molecule has 0 atom stereocenters. The fraction of sp³-hybridized carbons (Fsp3) is 0.400. The summed E-state index contributed by atoms with van der Waals surface area (Å²) >= 11 is 0. The molecule has 3 nitrogen and oxygen atoms in total. The number of para-hydroxylation sites is 1. The van der Waals surface area contributed by atoms with Gasteiger partial charge in [0.1, 0.15) is 12.4 Å². The molecule has 18 heavy (non-hydrogen) atoms. The molecule has 1 aromatic heterocycles. The predicted molar refractivity (Wildman–Crippen MR) is 72.7 cm³/mol. The van der Waals surface area contributed by atoms with Crippen molar-refractivity contribution in [3.05, 3.63) is 47.3 Å². The molecule has 0 fully saturated rings. The molecule has 0 saturated heterocycles. The fourth-order valence-electron chi connectivity index (χ4n) is 1.97. The van der Waals surface area contributed by atoms with Crippen LogP contribution in [0.15, 0.2) is 30.3 Å². The van der Waals surface area contributed by atoms with Crippen LogP contribution in [-0.4, -0.2) is 9.78 Å². The lowest BCUT2D eigenvalue weighted by Gasteiger charge is -2.10. The second kappa shape index (κ2) is 5.71. The molecule has 0 spiro atoms. The summed E-state index contributed by atoms with van der Waals surface area (Å²) < 4.78 is 7.79. The Kier molecular flexibility index (Phi) is 4.03. The molecule has 1 aromatic carbocycles. The molecule has 0 aliphatic rings. The molecule has 2 rings (SSSR count). The first kappa shape index (κ1) is 12.7. The highest BCUT2D eigenvalue weighted by molar-refractivity contribution is 5.33. The van der Waals surface area contributed by atoms with Crippen LogP contribution in [-0.2, 0) is 26.5 Å². The van der Waals surface area contributed by atoms with Gasteiger partial charge in [-0.1, -0.05) is 32.0 Å². The van der Waals surface area contributed by atoms with Crippen molar-refractivity contribution in [2.24, 2.45) is 7.05 Å². The minimum absolute atomic E-state index is 0.570. The number of ether oxygens (including phenoxy) is 1. The lowest BCUT2D eigenvalue weighted by atomic mass is 10.1. The number of hydrogen-bond acceptors (Lipinski definition) is 2. The van der Waals surface area contributed by atoms with Crippen molar-refractivity contribution in [2.45, 2.75) is 33.3 Å². The highest BCUT2D eigenvalue weighted by atomic mass is 16.5. The second-order valence-electron chi connectivity index (χ2n) is 4.35. The monoisotopic (exact) mass is 244 g/mol. The summed E-state index contributed by atoms with van der Waals surface area (Å²) in [6, 6.07) is 10.3. The summed E-state index contributed by atoms with van der Waals surface area (Å²) in [7, 11) is 1.96. The van der Waals surface area contributed by atoms with Gasteiger partial charge in [-0.05, 0) is 30.5 Å². The summed E-state index contributed by atoms with van der Waals surface area (Å²) in [6.07, 6.45) is 1.95. The van der Waals surface area contributed by atoms with Crippen molar-refractivity contribution in [2.75, 3.05) is 0 Å². The van der Waals surface area contributed by atoms with Gasteiger partial charge in [0.15, 0.2) is 0 Å². The zero-order valence-corrected chi connectivity index (χ0v) is 11.3. The number of nitrogens with zero attached hydrogens (tertiary/aromatic N) is 2. The summed E-state index contributed by atoms with van der Waals surface area (Å²) in [4.78, 5) is 0. The van der Waals surface area contributed by atoms with Crippen LogP contribution in [0.1, 0.15) is 30.8 Å². The lowest BCUT2D eigenvalue weighted by molar-refractivity contribution is 0.292. The minimum atomic E-state index is 0.570. The van der Waals surface area contributed by atoms with Gasteiger partial charge in [0.2, 0.25) is 0 Å². The summed E-state index contributed by atoms with van der Waals surface area (Å²) in [5.41, 5.74) is 3.47. The van der Waals surface area contributed by atoms with Crippen molar-refractivity contribution >= 4 is 0 Å². The zero-order valence-electron chi connectivity index (χ0n) is 11.3. The van der Waals surface area contributed by atoms with E-state index in [1.54, 1.807) is 0 Å². The van der Waals surface area contributed by atoms with Crippen molar-refractivity contribution in [1.82, 2.24) is 9.78 Å². The van der Waals surface area contributed by atoms with Gasteiger partial charge < -0.3 is 4.74 Å². The van der Waals surface area contributed by atoms with Crippen LogP contribution < -0.4 is 4.74 Å². The molecule has 0 amide bonds. The first-order valence-electron chi connectivity index (χ1n) is 6.47. The minimum Gasteiger partial charge on any atom is -0.487 e. The molecule has 0 saturated carbocycles. The quantitative estimate of drug-likeness (QED) is 0.808. The van der Waals surface area contributed by atoms with Gasteiger partial charge in [-0.25, -0.2) is 0 Å². The molecule has 0 N–H and O–H groups in total. The Labute approximate surface area is 108 Å². The van der Waals surface area contributed by atoms with E-state index in [9.17, 15) is 0 Å². The van der Waals surface area contributed by atoms with Crippen LogP contribution in [0.2, 0.25) is 0 Å². The number of aromatic nitrogens is 2. The van der Waals surface area contributed by atoms with Crippen LogP contribution in [0.3, 0.4) is 0 Å². The summed E-state index contributed by atoms with van der Waals surface area (Å²) in [5, 5.41) is 4.42. The molecule has 2 aromatic rings. The standard InChI is InChI=1S/C15H20N2O/c1-4-12-8-6-7-9-15(12)18-11-14-10-13(5-2)16-17(14)3/h6-10H,4-5,11H2,1-3H3. The molecule has 3 heteroatoms. The van der Waals surface area contributed by atoms with Crippen LogP contribution in [0.5, 0.6) is 5.75 Å². The maximum absolute atomic E-state index is 5.89. The molecule has 0 unspecified atom stereocenters. The lowest BCUT2D eigenvalue weighted by Crippen LogP contribution is -2.04. The Balaban J connectivity index is 2.08. The molecular formula is C15H20N2O. The van der Waals surface area contributed by atoms with E-state index in [1.807, 2.05) is 29.9 Å². The third-order valence-corrected chi connectivity index (χ3v) is 3.12. The maximum Gasteiger partial charge on any atom is 0.130 e. The Morgan fingerprint density at radius 3 is 2.61 bits per heavy atom. The molecular weight excluding hydrogens is 224 g/mol. The first-order chi connectivity index (χ1) is 8.74. The maximum atomic E-state index is 5.89.